The number of hydrogen-bond acceptors (Lipinski definition) is 4. The zero-order valence-electron chi connectivity index (χ0n) is 16.0. The molecule has 3 aromatic carbocycles. The van der Waals surface area contributed by atoms with Crippen molar-refractivity contribution in [1.82, 2.24) is 9.55 Å². The summed E-state index contributed by atoms with van der Waals surface area (Å²) in [5.41, 5.74) is 2.76. The maximum absolute atomic E-state index is 12.9. The summed E-state index contributed by atoms with van der Waals surface area (Å²) in [4.78, 5) is 32.2. The second-order valence-electron chi connectivity index (χ2n) is 7.19. The molecule has 0 bridgehead atoms. The molecule has 5 nitrogen and oxygen atoms in total. The van der Waals surface area contributed by atoms with Crippen molar-refractivity contribution in [3.8, 4) is 0 Å². The van der Waals surface area contributed by atoms with E-state index in [4.69, 9.17) is 0 Å². The molecule has 1 aliphatic rings. The standard InChI is InChI=1S/C23H19N3O2S/c1-25-22(28)18-12-16-7-2-3-8-17(16)13-19(18)24-23(25)29-14-21(27)26-11-10-15-6-4-5-9-20(15)26/h2-9,12-13H,10-11,14H2,1H3. The summed E-state index contributed by atoms with van der Waals surface area (Å²) < 4.78 is 1.53. The molecule has 5 rings (SSSR count). The smallest absolute Gasteiger partial charge is 0.261 e. The molecular formula is C23H19N3O2S. The SMILES string of the molecule is Cn1c(SCC(=O)N2CCc3ccccc32)nc2cc3ccccc3cc2c1=O. The van der Waals surface area contributed by atoms with Gasteiger partial charge in [0, 0.05) is 19.3 Å². The number of benzene rings is 3. The van der Waals surface area contributed by atoms with Gasteiger partial charge in [0.15, 0.2) is 5.16 Å². The zero-order valence-corrected chi connectivity index (χ0v) is 16.8. The fraction of sp³-hybridized carbons (Fsp3) is 0.174. The molecule has 1 aromatic heterocycles. The Morgan fingerprint density at radius 3 is 2.62 bits per heavy atom. The van der Waals surface area contributed by atoms with Gasteiger partial charge in [0.1, 0.15) is 0 Å². The lowest BCUT2D eigenvalue weighted by molar-refractivity contribution is -0.116. The quantitative estimate of drug-likeness (QED) is 0.298. The Morgan fingerprint density at radius 2 is 1.79 bits per heavy atom. The van der Waals surface area contributed by atoms with E-state index in [2.05, 4.69) is 11.1 Å². The lowest BCUT2D eigenvalue weighted by Crippen LogP contribution is -2.31. The van der Waals surface area contributed by atoms with Gasteiger partial charge in [-0.25, -0.2) is 4.98 Å². The largest absolute Gasteiger partial charge is 0.311 e. The Labute approximate surface area is 172 Å². The van der Waals surface area contributed by atoms with Gasteiger partial charge in [-0.3, -0.25) is 14.2 Å². The van der Waals surface area contributed by atoms with Gasteiger partial charge in [-0.2, -0.15) is 0 Å². The van der Waals surface area contributed by atoms with Crippen molar-refractivity contribution in [2.75, 3.05) is 17.2 Å². The van der Waals surface area contributed by atoms with E-state index in [-0.39, 0.29) is 17.2 Å². The van der Waals surface area contributed by atoms with E-state index < -0.39 is 0 Å². The molecule has 0 radical (unpaired) electrons. The molecule has 0 unspecified atom stereocenters. The summed E-state index contributed by atoms with van der Waals surface area (Å²) in [6.07, 6.45) is 0.881. The van der Waals surface area contributed by atoms with Gasteiger partial charge in [0.2, 0.25) is 5.91 Å². The van der Waals surface area contributed by atoms with E-state index in [1.807, 2.05) is 59.5 Å². The molecule has 0 saturated carbocycles. The number of para-hydroxylation sites is 1. The van der Waals surface area contributed by atoms with Crippen LogP contribution in [-0.4, -0.2) is 27.8 Å². The fourth-order valence-electron chi connectivity index (χ4n) is 3.87. The molecule has 6 heteroatoms. The van der Waals surface area contributed by atoms with E-state index in [1.54, 1.807) is 7.05 Å². The number of anilines is 1. The molecule has 144 valence electrons. The van der Waals surface area contributed by atoms with Gasteiger partial charge < -0.3 is 4.90 Å². The van der Waals surface area contributed by atoms with Crippen LogP contribution in [0.25, 0.3) is 21.7 Å². The van der Waals surface area contributed by atoms with Gasteiger partial charge in [-0.05, 0) is 41.0 Å². The number of carbonyl (C=O) groups excluding carboxylic acids is 1. The number of hydrogen-bond donors (Lipinski definition) is 0. The van der Waals surface area contributed by atoms with Crippen LogP contribution in [0.15, 0.2) is 70.6 Å². The Morgan fingerprint density at radius 1 is 1.07 bits per heavy atom. The molecule has 29 heavy (non-hydrogen) atoms. The van der Waals surface area contributed by atoms with Crippen LogP contribution in [0.1, 0.15) is 5.56 Å². The van der Waals surface area contributed by atoms with Crippen molar-refractivity contribution in [2.24, 2.45) is 7.05 Å². The fourth-order valence-corrected chi connectivity index (χ4v) is 4.72. The number of carbonyl (C=O) groups is 1. The van der Waals surface area contributed by atoms with E-state index in [1.165, 1.54) is 21.9 Å². The highest BCUT2D eigenvalue weighted by Gasteiger charge is 2.24. The maximum atomic E-state index is 12.9. The minimum Gasteiger partial charge on any atom is -0.311 e. The summed E-state index contributed by atoms with van der Waals surface area (Å²) in [6.45, 7) is 0.703. The monoisotopic (exact) mass is 401 g/mol. The van der Waals surface area contributed by atoms with Crippen molar-refractivity contribution in [1.29, 1.82) is 0 Å². The Balaban J connectivity index is 1.45. The van der Waals surface area contributed by atoms with Crippen molar-refractivity contribution in [3.05, 3.63) is 76.6 Å². The van der Waals surface area contributed by atoms with Crippen LogP contribution >= 0.6 is 11.8 Å². The van der Waals surface area contributed by atoms with E-state index in [0.717, 1.165) is 22.9 Å². The Kier molecular flexibility index (Phi) is 4.36. The molecule has 0 aliphatic carbocycles. The second kappa shape index (κ2) is 7.04. The summed E-state index contributed by atoms with van der Waals surface area (Å²) in [5.74, 6) is 0.279. The van der Waals surface area contributed by atoms with Crippen LogP contribution in [0, 0.1) is 0 Å². The third kappa shape index (κ3) is 3.09. The number of thioether (sulfide) groups is 1. The summed E-state index contributed by atoms with van der Waals surface area (Å²) in [5, 5.41) is 3.21. The highest BCUT2D eigenvalue weighted by molar-refractivity contribution is 7.99. The van der Waals surface area contributed by atoms with Crippen LogP contribution in [0.4, 0.5) is 5.69 Å². The molecule has 4 aromatic rings. The van der Waals surface area contributed by atoms with Crippen molar-refractivity contribution in [3.63, 3.8) is 0 Å². The molecule has 0 atom stereocenters. The number of nitrogens with zero attached hydrogens (tertiary/aromatic N) is 3. The predicted octanol–water partition coefficient (Wildman–Crippen LogP) is 3.77. The summed E-state index contributed by atoms with van der Waals surface area (Å²) in [7, 11) is 1.71. The van der Waals surface area contributed by atoms with Gasteiger partial charge >= 0.3 is 0 Å². The van der Waals surface area contributed by atoms with Crippen molar-refractivity contribution in [2.45, 2.75) is 11.6 Å². The first-order chi connectivity index (χ1) is 14.1. The second-order valence-corrected chi connectivity index (χ2v) is 8.13. The number of aromatic nitrogens is 2. The first kappa shape index (κ1) is 17.9. The van der Waals surface area contributed by atoms with Crippen molar-refractivity contribution < 1.29 is 4.79 Å². The average Bonchev–Trinajstić information content (AvgIpc) is 3.18. The highest BCUT2D eigenvalue weighted by atomic mass is 32.2. The summed E-state index contributed by atoms with van der Waals surface area (Å²) in [6, 6.07) is 19.8. The Hall–Kier alpha value is -3.12. The zero-order chi connectivity index (χ0) is 20.0. The molecule has 0 saturated heterocycles. The molecule has 0 N–H and O–H groups in total. The molecule has 1 aliphatic heterocycles. The number of fused-ring (bicyclic) bond motifs is 3. The minimum absolute atomic E-state index is 0.0350. The van der Waals surface area contributed by atoms with Gasteiger partial charge in [-0.1, -0.05) is 54.2 Å². The van der Waals surface area contributed by atoms with E-state index >= 15 is 0 Å². The number of rotatable bonds is 3. The first-order valence-electron chi connectivity index (χ1n) is 9.52. The van der Waals surface area contributed by atoms with Crippen LogP contribution in [0.5, 0.6) is 0 Å². The average molecular weight is 401 g/mol. The van der Waals surface area contributed by atoms with Crippen molar-refractivity contribution >= 4 is 45.0 Å². The topological polar surface area (TPSA) is 55.2 Å². The third-order valence-corrected chi connectivity index (χ3v) is 6.43. The van der Waals surface area contributed by atoms with Crippen LogP contribution in [-0.2, 0) is 18.3 Å². The van der Waals surface area contributed by atoms with Crippen LogP contribution < -0.4 is 10.5 Å². The Bertz CT molecular complexity index is 1330. The normalized spacial score (nSPS) is 13.2. The first-order valence-corrected chi connectivity index (χ1v) is 10.5. The summed E-state index contributed by atoms with van der Waals surface area (Å²) >= 11 is 1.31. The molecule has 0 fully saturated rings. The van der Waals surface area contributed by atoms with Crippen LogP contribution in [0.3, 0.4) is 0 Å². The van der Waals surface area contributed by atoms with Gasteiger partial charge in [0.25, 0.3) is 5.56 Å². The van der Waals surface area contributed by atoms with Gasteiger partial charge in [0.05, 0.1) is 16.7 Å². The number of amides is 1. The lowest BCUT2D eigenvalue weighted by Gasteiger charge is -2.17. The predicted molar refractivity (Wildman–Crippen MR) is 118 cm³/mol. The third-order valence-electron chi connectivity index (χ3n) is 5.42. The minimum atomic E-state index is -0.0952. The van der Waals surface area contributed by atoms with Gasteiger partial charge in [-0.15, -0.1) is 0 Å². The molecular weight excluding hydrogens is 382 g/mol. The van der Waals surface area contributed by atoms with Crippen LogP contribution in [0.2, 0.25) is 0 Å². The molecule has 2 heterocycles. The molecule has 0 spiro atoms. The highest BCUT2D eigenvalue weighted by Crippen LogP contribution is 2.29. The van der Waals surface area contributed by atoms with E-state index in [9.17, 15) is 9.59 Å². The lowest BCUT2D eigenvalue weighted by atomic mass is 10.1. The maximum Gasteiger partial charge on any atom is 0.261 e. The van der Waals surface area contributed by atoms with E-state index in [0.29, 0.717) is 22.6 Å². The molecule has 1 amide bonds.